The van der Waals surface area contributed by atoms with Gasteiger partial charge in [-0.15, -0.1) is 0 Å². The van der Waals surface area contributed by atoms with Crippen molar-refractivity contribution in [3.05, 3.63) is 53.6 Å². The quantitative estimate of drug-likeness (QED) is 0.469. The summed E-state index contributed by atoms with van der Waals surface area (Å²) >= 11 is 0. The van der Waals surface area contributed by atoms with Crippen LogP contribution in [-0.2, 0) is 9.47 Å². The van der Waals surface area contributed by atoms with Crippen molar-refractivity contribution in [2.24, 2.45) is 5.92 Å². The van der Waals surface area contributed by atoms with Gasteiger partial charge in [0.05, 0.1) is 12.7 Å². The molecule has 0 amide bonds. The number of methoxy groups -OCH3 is 1. The third kappa shape index (κ3) is 5.49. The molecule has 1 aliphatic heterocycles. The van der Waals surface area contributed by atoms with E-state index in [0.29, 0.717) is 23.8 Å². The summed E-state index contributed by atoms with van der Waals surface area (Å²) in [6.07, 6.45) is 6.52. The lowest BCUT2D eigenvalue weighted by atomic mass is 9.86. The van der Waals surface area contributed by atoms with Crippen LogP contribution >= 0.6 is 0 Å². The van der Waals surface area contributed by atoms with Gasteiger partial charge in [0.25, 0.3) is 0 Å². The molecular weight excluding hydrogens is 430 g/mol. The normalized spacial score (nSPS) is 21.8. The Balaban J connectivity index is 1.57. The average Bonchev–Trinajstić information content (AvgIpc) is 2.86. The van der Waals surface area contributed by atoms with Gasteiger partial charge in [-0.25, -0.2) is 4.79 Å². The summed E-state index contributed by atoms with van der Waals surface area (Å²) in [6, 6.07) is 12.9. The Kier molecular flexibility index (Phi) is 7.67. The van der Waals surface area contributed by atoms with Gasteiger partial charge in [0.15, 0.2) is 6.10 Å². The van der Waals surface area contributed by atoms with Crippen molar-refractivity contribution in [2.45, 2.75) is 70.2 Å². The first-order valence-corrected chi connectivity index (χ1v) is 12.4. The fourth-order valence-electron chi connectivity index (χ4n) is 5.02. The summed E-state index contributed by atoms with van der Waals surface area (Å²) in [6.45, 7) is 4.53. The van der Waals surface area contributed by atoms with Crippen LogP contribution in [0.25, 0.3) is 0 Å². The molecule has 1 N–H and O–H groups in total. The van der Waals surface area contributed by atoms with E-state index >= 15 is 0 Å². The maximum Gasteiger partial charge on any atom is 0.338 e. The minimum absolute atomic E-state index is 0.404. The monoisotopic (exact) mass is 467 g/mol. The number of fused-ring (bicyclic) bond motifs is 1. The molecule has 0 radical (unpaired) electrons. The summed E-state index contributed by atoms with van der Waals surface area (Å²) in [4.78, 5) is 13.1. The topological polar surface area (TPSA) is 66.0 Å². The summed E-state index contributed by atoms with van der Waals surface area (Å²) in [5, 5.41) is 3.19. The second kappa shape index (κ2) is 10.7. The first-order chi connectivity index (χ1) is 16.4. The number of benzene rings is 2. The molecule has 1 heterocycles. The molecular formula is C28H37NO5. The standard InChI is InChI=1S/C28H37NO5/c1-28(2)26(33-27(30)20-10-13-22(31-4)14-11-20)25(32-17-16-19-8-6-5-7-9-19)23-18-21(29-3)12-15-24(23)34-28/h10-15,18-19,25-26,29H,5-9,16-17H2,1-4H3. The Bertz CT molecular complexity index is 965. The molecule has 0 saturated heterocycles. The third-order valence-corrected chi connectivity index (χ3v) is 7.05. The van der Waals surface area contributed by atoms with E-state index in [1.165, 1.54) is 32.1 Å². The minimum Gasteiger partial charge on any atom is -0.497 e. The van der Waals surface area contributed by atoms with Crippen molar-refractivity contribution in [2.75, 3.05) is 26.1 Å². The van der Waals surface area contributed by atoms with E-state index in [2.05, 4.69) is 5.32 Å². The smallest absolute Gasteiger partial charge is 0.338 e. The van der Waals surface area contributed by atoms with E-state index in [1.807, 2.05) is 39.1 Å². The Labute approximate surface area is 202 Å². The number of carbonyl (C=O) groups is 1. The summed E-state index contributed by atoms with van der Waals surface area (Å²) in [7, 11) is 3.48. The predicted molar refractivity (Wildman–Crippen MR) is 133 cm³/mol. The Morgan fingerprint density at radius 3 is 2.50 bits per heavy atom. The zero-order valence-corrected chi connectivity index (χ0v) is 20.8. The first-order valence-electron chi connectivity index (χ1n) is 12.4. The van der Waals surface area contributed by atoms with Gasteiger partial charge in [-0.05, 0) is 68.7 Å². The summed E-state index contributed by atoms with van der Waals surface area (Å²) < 4.78 is 24.2. The number of esters is 1. The minimum atomic E-state index is -0.758. The SMILES string of the molecule is CNc1ccc2c(c1)C(OCCC1CCCCC1)C(OC(=O)c1ccc(OC)cc1)C(C)(C)O2. The molecule has 2 aliphatic rings. The molecule has 2 aromatic rings. The van der Waals surface area contributed by atoms with Crippen molar-refractivity contribution in [3.8, 4) is 11.5 Å². The highest BCUT2D eigenvalue weighted by Crippen LogP contribution is 2.45. The number of nitrogens with one attached hydrogen (secondary N) is 1. The Morgan fingerprint density at radius 2 is 1.82 bits per heavy atom. The van der Waals surface area contributed by atoms with Crippen LogP contribution in [0.2, 0.25) is 0 Å². The average molecular weight is 468 g/mol. The van der Waals surface area contributed by atoms with Gasteiger partial charge in [-0.1, -0.05) is 32.1 Å². The van der Waals surface area contributed by atoms with Crippen LogP contribution in [0.5, 0.6) is 11.5 Å². The van der Waals surface area contributed by atoms with E-state index in [-0.39, 0.29) is 0 Å². The largest absolute Gasteiger partial charge is 0.497 e. The highest BCUT2D eigenvalue weighted by Gasteiger charge is 2.47. The van der Waals surface area contributed by atoms with Gasteiger partial charge < -0.3 is 24.3 Å². The van der Waals surface area contributed by atoms with Gasteiger partial charge >= 0.3 is 5.97 Å². The second-order valence-electron chi connectivity index (χ2n) is 9.85. The van der Waals surface area contributed by atoms with Gasteiger partial charge in [-0.3, -0.25) is 0 Å². The van der Waals surface area contributed by atoms with Gasteiger partial charge in [0.2, 0.25) is 0 Å². The molecule has 4 rings (SSSR count). The molecule has 184 valence electrons. The van der Waals surface area contributed by atoms with Gasteiger partial charge in [0.1, 0.15) is 23.2 Å². The van der Waals surface area contributed by atoms with E-state index in [9.17, 15) is 4.79 Å². The first kappa shape index (κ1) is 24.4. The van der Waals surface area contributed by atoms with Crippen molar-refractivity contribution in [1.82, 2.24) is 0 Å². The number of hydrogen-bond donors (Lipinski definition) is 1. The number of ether oxygens (including phenoxy) is 4. The number of carbonyl (C=O) groups excluding carboxylic acids is 1. The molecule has 34 heavy (non-hydrogen) atoms. The molecule has 0 spiro atoms. The maximum absolute atomic E-state index is 13.1. The van der Waals surface area contributed by atoms with Crippen molar-refractivity contribution < 1.29 is 23.7 Å². The van der Waals surface area contributed by atoms with Gasteiger partial charge in [-0.2, -0.15) is 0 Å². The van der Waals surface area contributed by atoms with Crippen LogP contribution in [0.15, 0.2) is 42.5 Å². The predicted octanol–water partition coefficient (Wildman–Crippen LogP) is 6.16. The van der Waals surface area contributed by atoms with Crippen molar-refractivity contribution in [3.63, 3.8) is 0 Å². The molecule has 1 saturated carbocycles. The van der Waals surface area contributed by atoms with E-state index in [1.54, 1.807) is 31.4 Å². The van der Waals surface area contributed by atoms with Crippen LogP contribution in [-0.4, -0.2) is 38.4 Å². The van der Waals surface area contributed by atoms with Crippen LogP contribution in [0, 0.1) is 5.92 Å². The van der Waals surface area contributed by atoms with Crippen LogP contribution in [0.3, 0.4) is 0 Å². The van der Waals surface area contributed by atoms with E-state index < -0.39 is 23.8 Å². The lowest BCUT2D eigenvalue weighted by Crippen LogP contribution is -2.51. The molecule has 6 nitrogen and oxygen atoms in total. The highest BCUT2D eigenvalue weighted by molar-refractivity contribution is 5.89. The number of anilines is 1. The molecule has 6 heteroatoms. The molecule has 0 aromatic heterocycles. The van der Waals surface area contributed by atoms with Crippen LogP contribution in [0.1, 0.15) is 74.4 Å². The molecule has 1 fully saturated rings. The Morgan fingerprint density at radius 1 is 1.09 bits per heavy atom. The number of hydrogen-bond acceptors (Lipinski definition) is 6. The van der Waals surface area contributed by atoms with E-state index in [0.717, 1.165) is 23.4 Å². The third-order valence-electron chi connectivity index (χ3n) is 7.05. The summed E-state index contributed by atoms with van der Waals surface area (Å²) in [5.74, 6) is 1.77. The lowest BCUT2D eigenvalue weighted by Gasteiger charge is -2.44. The Hall–Kier alpha value is -2.73. The van der Waals surface area contributed by atoms with E-state index in [4.69, 9.17) is 18.9 Å². The zero-order valence-electron chi connectivity index (χ0n) is 20.8. The maximum atomic E-state index is 13.1. The highest BCUT2D eigenvalue weighted by atomic mass is 16.6. The summed E-state index contributed by atoms with van der Waals surface area (Å²) in [5.41, 5.74) is 1.57. The molecule has 2 unspecified atom stereocenters. The fourth-order valence-corrected chi connectivity index (χ4v) is 5.02. The lowest BCUT2D eigenvalue weighted by molar-refractivity contribution is -0.141. The molecule has 2 aromatic carbocycles. The van der Waals surface area contributed by atoms with Crippen molar-refractivity contribution in [1.29, 1.82) is 0 Å². The van der Waals surface area contributed by atoms with Gasteiger partial charge in [0, 0.05) is 24.9 Å². The molecule has 0 bridgehead atoms. The van der Waals surface area contributed by atoms with Crippen molar-refractivity contribution >= 4 is 11.7 Å². The molecule has 2 atom stereocenters. The fraction of sp³-hybridized carbons (Fsp3) is 0.536. The number of rotatable bonds is 8. The van der Waals surface area contributed by atoms with Crippen LogP contribution in [0.4, 0.5) is 5.69 Å². The van der Waals surface area contributed by atoms with Crippen LogP contribution < -0.4 is 14.8 Å². The second-order valence-corrected chi connectivity index (χ2v) is 9.85. The zero-order chi connectivity index (χ0) is 24.1. The molecule has 1 aliphatic carbocycles.